The van der Waals surface area contributed by atoms with E-state index >= 15 is 0 Å². The number of rotatable bonds is 9. The number of nitrogens with one attached hydrogen (secondary N) is 2. The predicted octanol–water partition coefficient (Wildman–Crippen LogP) is 1.01. The van der Waals surface area contributed by atoms with Crippen molar-refractivity contribution in [2.24, 2.45) is 5.73 Å². The number of hydrogen-bond acceptors (Lipinski definition) is 5. The van der Waals surface area contributed by atoms with E-state index in [1.807, 2.05) is 6.92 Å². The molecule has 21 heavy (non-hydrogen) atoms. The number of amides is 1. The molecule has 0 unspecified atom stereocenters. The maximum Gasteiger partial charge on any atom is 0.240 e. The molecule has 118 valence electrons. The molecule has 0 spiro atoms. The van der Waals surface area contributed by atoms with E-state index in [0.717, 1.165) is 12.2 Å². The van der Waals surface area contributed by atoms with Gasteiger partial charge in [0, 0.05) is 18.8 Å². The molecular formula is C13H21N3O3S2. The number of sulfonamides is 1. The lowest BCUT2D eigenvalue weighted by atomic mass is 10.3. The number of carbonyl (C=O) groups is 1. The van der Waals surface area contributed by atoms with Crippen LogP contribution in [0.15, 0.2) is 29.2 Å². The maximum atomic E-state index is 12.0. The summed E-state index contributed by atoms with van der Waals surface area (Å²) in [4.78, 5) is 11.8. The highest BCUT2D eigenvalue weighted by Crippen LogP contribution is 2.15. The van der Waals surface area contributed by atoms with Gasteiger partial charge in [-0.1, -0.05) is 13.0 Å². The Morgan fingerprint density at radius 1 is 1.38 bits per heavy atom. The van der Waals surface area contributed by atoms with Gasteiger partial charge in [-0.25, -0.2) is 13.1 Å². The fourth-order valence-corrected chi connectivity index (χ4v) is 3.31. The summed E-state index contributed by atoms with van der Waals surface area (Å²) in [5.74, 6) is 1.14. The number of anilines is 1. The van der Waals surface area contributed by atoms with Crippen LogP contribution in [-0.4, -0.2) is 38.9 Å². The lowest BCUT2D eigenvalue weighted by molar-refractivity contribution is -0.113. The van der Waals surface area contributed by atoms with Gasteiger partial charge in [-0.2, -0.15) is 11.8 Å². The van der Waals surface area contributed by atoms with Gasteiger partial charge in [-0.05, 0) is 30.4 Å². The zero-order valence-corrected chi connectivity index (χ0v) is 13.6. The van der Waals surface area contributed by atoms with Gasteiger partial charge >= 0.3 is 0 Å². The summed E-state index contributed by atoms with van der Waals surface area (Å²) in [6.07, 6.45) is 1.01. The molecule has 0 aromatic heterocycles. The average molecular weight is 331 g/mol. The smallest absolute Gasteiger partial charge is 0.240 e. The van der Waals surface area contributed by atoms with Gasteiger partial charge in [-0.15, -0.1) is 0 Å². The van der Waals surface area contributed by atoms with Crippen LogP contribution in [0.4, 0.5) is 5.69 Å². The zero-order valence-electron chi connectivity index (χ0n) is 12.0. The zero-order chi connectivity index (χ0) is 15.7. The summed E-state index contributed by atoms with van der Waals surface area (Å²) >= 11 is 1.54. The van der Waals surface area contributed by atoms with Crippen LogP contribution in [-0.2, 0) is 14.8 Å². The van der Waals surface area contributed by atoms with Crippen molar-refractivity contribution in [1.29, 1.82) is 0 Å². The average Bonchev–Trinajstić information content (AvgIpc) is 2.46. The highest BCUT2D eigenvalue weighted by Gasteiger charge is 2.13. The number of hydrogen-bond donors (Lipinski definition) is 3. The van der Waals surface area contributed by atoms with E-state index in [1.54, 1.807) is 23.9 Å². The van der Waals surface area contributed by atoms with Crippen molar-refractivity contribution in [3.8, 4) is 0 Å². The topological polar surface area (TPSA) is 101 Å². The third-order valence-electron chi connectivity index (χ3n) is 2.45. The molecule has 0 fully saturated rings. The molecule has 0 saturated carbocycles. The molecule has 0 radical (unpaired) electrons. The van der Waals surface area contributed by atoms with Gasteiger partial charge < -0.3 is 11.1 Å². The van der Waals surface area contributed by atoms with Crippen molar-refractivity contribution in [3.05, 3.63) is 24.3 Å². The molecule has 0 aliphatic rings. The summed E-state index contributed by atoms with van der Waals surface area (Å²) < 4.78 is 26.3. The summed E-state index contributed by atoms with van der Waals surface area (Å²) in [7, 11) is -3.59. The van der Waals surface area contributed by atoms with Crippen LogP contribution in [0.25, 0.3) is 0 Å². The molecule has 0 saturated heterocycles. The minimum atomic E-state index is -3.59. The number of nitrogens with two attached hydrogens (primary N) is 1. The third kappa shape index (κ3) is 6.47. The monoisotopic (exact) mass is 331 g/mol. The normalized spacial score (nSPS) is 11.3. The minimum Gasteiger partial charge on any atom is -0.329 e. The molecular weight excluding hydrogens is 310 g/mol. The van der Waals surface area contributed by atoms with Gasteiger partial charge in [0.1, 0.15) is 0 Å². The largest absolute Gasteiger partial charge is 0.329 e. The van der Waals surface area contributed by atoms with E-state index in [1.165, 1.54) is 12.1 Å². The van der Waals surface area contributed by atoms with Crippen LogP contribution in [0.3, 0.4) is 0 Å². The van der Waals surface area contributed by atoms with Crippen molar-refractivity contribution in [2.45, 2.75) is 18.2 Å². The van der Waals surface area contributed by atoms with E-state index in [-0.39, 0.29) is 23.9 Å². The lowest BCUT2D eigenvalue weighted by Crippen LogP contribution is -2.29. The summed E-state index contributed by atoms with van der Waals surface area (Å²) in [6.45, 7) is 2.45. The Morgan fingerprint density at radius 2 is 2.14 bits per heavy atom. The second-order valence-electron chi connectivity index (χ2n) is 4.32. The van der Waals surface area contributed by atoms with Gasteiger partial charge in [0.05, 0.1) is 10.6 Å². The Balaban J connectivity index is 2.70. The SMILES string of the molecule is CCCSCC(=O)Nc1cccc(S(=O)(=O)NCCN)c1. The van der Waals surface area contributed by atoms with Crippen LogP contribution in [0.5, 0.6) is 0 Å². The van der Waals surface area contributed by atoms with E-state index < -0.39 is 10.0 Å². The van der Waals surface area contributed by atoms with Crippen LogP contribution in [0.2, 0.25) is 0 Å². The van der Waals surface area contributed by atoms with Gasteiger partial charge in [-0.3, -0.25) is 4.79 Å². The standard InChI is InChI=1S/C13H21N3O3S2/c1-2-8-20-10-13(17)16-11-4-3-5-12(9-11)21(18,19)15-7-6-14/h3-5,9,15H,2,6-8,10,14H2,1H3,(H,16,17). The molecule has 1 rings (SSSR count). The molecule has 6 nitrogen and oxygen atoms in total. The molecule has 0 aliphatic carbocycles. The third-order valence-corrected chi connectivity index (χ3v) is 5.07. The second kappa shape index (κ2) is 9.04. The molecule has 4 N–H and O–H groups in total. The molecule has 0 heterocycles. The first-order valence-corrected chi connectivity index (χ1v) is 9.30. The molecule has 0 aliphatic heterocycles. The predicted molar refractivity (Wildman–Crippen MR) is 86.9 cm³/mol. The number of carbonyl (C=O) groups excluding carboxylic acids is 1. The lowest BCUT2D eigenvalue weighted by Gasteiger charge is -2.09. The van der Waals surface area contributed by atoms with Crippen LogP contribution in [0.1, 0.15) is 13.3 Å². The Hall–Kier alpha value is -1.09. The van der Waals surface area contributed by atoms with Gasteiger partial charge in [0.15, 0.2) is 0 Å². The molecule has 0 bridgehead atoms. The van der Waals surface area contributed by atoms with E-state index in [2.05, 4.69) is 10.0 Å². The second-order valence-corrected chi connectivity index (χ2v) is 7.19. The molecule has 1 aromatic rings. The number of thioether (sulfide) groups is 1. The van der Waals surface area contributed by atoms with Crippen molar-refractivity contribution in [2.75, 3.05) is 29.9 Å². The Labute approximate surface area is 129 Å². The molecule has 8 heteroatoms. The Kier molecular flexibility index (Phi) is 7.73. The van der Waals surface area contributed by atoms with Crippen molar-refractivity contribution >= 4 is 33.4 Å². The van der Waals surface area contributed by atoms with Crippen LogP contribution >= 0.6 is 11.8 Å². The van der Waals surface area contributed by atoms with Gasteiger partial charge in [0.25, 0.3) is 0 Å². The van der Waals surface area contributed by atoms with E-state index in [4.69, 9.17) is 5.73 Å². The molecule has 0 atom stereocenters. The van der Waals surface area contributed by atoms with E-state index in [9.17, 15) is 13.2 Å². The first-order valence-electron chi connectivity index (χ1n) is 6.67. The van der Waals surface area contributed by atoms with Gasteiger partial charge in [0.2, 0.25) is 15.9 Å². The summed E-state index contributed by atoms with van der Waals surface area (Å²) in [6, 6.07) is 6.15. The Morgan fingerprint density at radius 3 is 2.81 bits per heavy atom. The maximum absolute atomic E-state index is 12.0. The fraction of sp³-hybridized carbons (Fsp3) is 0.462. The van der Waals surface area contributed by atoms with E-state index in [0.29, 0.717) is 11.4 Å². The quantitative estimate of drug-likeness (QED) is 0.586. The minimum absolute atomic E-state index is 0.106. The molecule has 1 amide bonds. The highest BCUT2D eigenvalue weighted by molar-refractivity contribution is 7.99. The number of benzene rings is 1. The first-order chi connectivity index (χ1) is 9.99. The fourth-order valence-electron chi connectivity index (χ4n) is 1.52. The van der Waals surface area contributed by atoms with Crippen LogP contribution in [0, 0.1) is 0 Å². The van der Waals surface area contributed by atoms with Crippen molar-refractivity contribution in [3.63, 3.8) is 0 Å². The van der Waals surface area contributed by atoms with Crippen molar-refractivity contribution < 1.29 is 13.2 Å². The Bertz CT molecular complexity index is 562. The first kappa shape index (κ1) is 18.0. The van der Waals surface area contributed by atoms with Crippen LogP contribution < -0.4 is 15.8 Å². The van der Waals surface area contributed by atoms with Crippen molar-refractivity contribution in [1.82, 2.24) is 4.72 Å². The summed E-state index contributed by atoms with van der Waals surface area (Å²) in [5, 5.41) is 2.69. The highest BCUT2D eigenvalue weighted by atomic mass is 32.2. The summed E-state index contributed by atoms with van der Waals surface area (Å²) in [5.41, 5.74) is 5.75. The molecule has 1 aromatic carbocycles.